The van der Waals surface area contributed by atoms with E-state index in [0.717, 1.165) is 22.3 Å². The fraction of sp³-hybridized carbons (Fsp3) is 0.0667. The van der Waals surface area contributed by atoms with Gasteiger partial charge in [-0.05, 0) is 55.0 Å². The average Bonchev–Trinajstić information content (AvgIpc) is 2.39. The molecular weight excluding hydrogens is 241 g/mol. The number of pyridine rings is 2. The van der Waals surface area contributed by atoms with Gasteiger partial charge in [-0.15, -0.1) is 0 Å². The molecular formula is C15H12FN3. The van der Waals surface area contributed by atoms with E-state index in [1.165, 1.54) is 12.1 Å². The van der Waals surface area contributed by atoms with E-state index in [9.17, 15) is 4.39 Å². The first kappa shape index (κ1) is 11.6. The minimum absolute atomic E-state index is 0.254. The molecule has 3 aromatic rings. The number of anilines is 2. The van der Waals surface area contributed by atoms with Gasteiger partial charge in [0, 0.05) is 11.6 Å². The number of nitrogens with one attached hydrogen (secondary N) is 1. The van der Waals surface area contributed by atoms with E-state index in [4.69, 9.17) is 0 Å². The lowest BCUT2D eigenvalue weighted by atomic mass is 10.2. The molecule has 0 aliphatic rings. The Morgan fingerprint density at radius 1 is 1.00 bits per heavy atom. The summed E-state index contributed by atoms with van der Waals surface area (Å²) < 4.78 is 13.1. The number of halogens is 1. The fourth-order valence-electron chi connectivity index (χ4n) is 1.90. The van der Waals surface area contributed by atoms with Crippen LogP contribution >= 0.6 is 0 Å². The lowest BCUT2D eigenvalue weighted by Crippen LogP contribution is -1.96. The third-order valence-electron chi connectivity index (χ3n) is 2.82. The Morgan fingerprint density at radius 2 is 1.89 bits per heavy atom. The predicted octanol–water partition coefficient (Wildman–Crippen LogP) is 3.82. The van der Waals surface area contributed by atoms with Crippen molar-refractivity contribution in [2.24, 2.45) is 0 Å². The molecule has 0 atom stereocenters. The zero-order valence-electron chi connectivity index (χ0n) is 10.4. The summed E-state index contributed by atoms with van der Waals surface area (Å²) in [5.74, 6) is 1.18. The van der Waals surface area contributed by atoms with Gasteiger partial charge < -0.3 is 5.32 Å². The maximum atomic E-state index is 13.1. The highest BCUT2D eigenvalue weighted by Crippen LogP contribution is 2.19. The van der Waals surface area contributed by atoms with Crippen molar-refractivity contribution in [3.63, 3.8) is 0 Å². The number of hydrogen-bond donors (Lipinski definition) is 1. The molecule has 94 valence electrons. The first-order chi connectivity index (χ1) is 9.20. The molecule has 0 bridgehead atoms. The second kappa shape index (κ2) is 4.65. The predicted molar refractivity (Wildman–Crippen MR) is 74.0 cm³/mol. The number of benzene rings is 1. The molecule has 19 heavy (non-hydrogen) atoms. The molecule has 1 N–H and O–H groups in total. The zero-order chi connectivity index (χ0) is 13.2. The van der Waals surface area contributed by atoms with Crippen LogP contribution < -0.4 is 5.32 Å². The van der Waals surface area contributed by atoms with Crippen LogP contribution in [0.25, 0.3) is 10.9 Å². The normalized spacial score (nSPS) is 10.6. The second-order valence-electron chi connectivity index (χ2n) is 4.38. The highest BCUT2D eigenvalue weighted by Gasteiger charge is 2.01. The van der Waals surface area contributed by atoms with Crippen LogP contribution in [-0.2, 0) is 0 Å². The number of aromatic nitrogens is 2. The molecule has 0 amide bonds. The van der Waals surface area contributed by atoms with Gasteiger partial charge in [0.1, 0.15) is 17.5 Å². The minimum Gasteiger partial charge on any atom is -0.325 e. The van der Waals surface area contributed by atoms with Gasteiger partial charge in [0.2, 0.25) is 0 Å². The summed E-state index contributed by atoms with van der Waals surface area (Å²) >= 11 is 0. The van der Waals surface area contributed by atoms with Crippen molar-refractivity contribution in [2.45, 2.75) is 6.92 Å². The van der Waals surface area contributed by atoms with Crippen molar-refractivity contribution in [3.8, 4) is 0 Å². The lowest BCUT2D eigenvalue weighted by molar-refractivity contribution is 0.629. The summed E-state index contributed by atoms with van der Waals surface area (Å²) in [6.07, 6.45) is 1.74. The standard InChI is InChI=1S/C15H12FN3/c1-10-6-7-17-15(8-10)19-14-5-2-11-9-12(16)3-4-13(11)18-14/h2-9H,1H3,(H,17,18,19). The third kappa shape index (κ3) is 2.52. The van der Waals surface area contributed by atoms with E-state index < -0.39 is 0 Å². The van der Waals surface area contributed by atoms with Crippen LogP contribution in [0.3, 0.4) is 0 Å². The Labute approximate surface area is 110 Å². The van der Waals surface area contributed by atoms with Gasteiger partial charge in [-0.25, -0.2) is 14.4 Å². The Morgan fingerprint density at radius 3 is 2.74 bits per heavy atom. The first-order valence-electron chi connectivity index (χ1n) is 5.97. The summed E-state index contributed by atoms with van der Waals surface area (Å²) in [4.78, 5) is 8.64. The summed E-state index contributed by atoms with van der Waals surface area (Å²) in [6, 6.07) is 12.1. The van der Waals surface area contributed by atoms with E-state index in [-0.39, 0.29) is 5.82 Å². The minimum atomic E-state index is -0.254. The van der Waals surface area contributed by atoms with Gasteiger partial charge >= 0.3 is 0 Å². The van der Waals surface area contributed by atoms with E-state index in [1.807, 2.05) is 31.2 Å². The van der Waals surface area contributed by atoms with Crippen molar-refractivity contribution in [1.82, 2.24) is 9.97 Å². The van der Waals surface area contributed by atoms with Crippen LogP contribution in [0.1, 0.15) is 5.56 Å². The molecule has 2 aromatic heterocycles. The quantitative estimate of drug-likeness (QED) is 0.754. The Kier molecular flexibility index (Phi) is 2.83. The van der Waals surface area contributed by atoms with E-state index in [1.54, 1.807) is 12.3 Å². The molecule has 1 aromatic carbocycles. The molecule has 4 heteroatoms. The second-order valence-corrected chi connectivity index (χ2v) is 4.38. The maximum absolute atomic E-state index is 13.1. The molecule has 0 unspecified atom stereocenters. The molecule has 3 rings (SSSR count). The van der Waals surface area contributed by atoms with Crippen LogP contribution in [-0.4, -0.2) is 9.97 Å². The fourth-order valence-corrected chi connectivity index (χ4v) is 1.90. The molecule has 0 saturated carbocycles. The van der Waals surface area contributed by atoms with Crippen molar-refractivity contribution >= 4 is 22.5 Å². The Bertz CT molecular complexity index is 740. The number of aryl methyl sites for hydroxylation is 1. The van der Waals surface area contributed by atoms with Crippen molar-refractivity contribution in [2.75, 3.05) is 5.32 Å². The van der Waals surface area contributed by atoms with Crippen LogP contribution in [0.2, 0.25) is 0 Å². The number of fused-ring (bicyclic) bond motifs is 1. The van der Waals surface area contributed by atoms with Crippen molar-refractivity contribution < 1.29 is 4.39 Å². The molecule has 0 spiro atoms. The molecule has 3 nitrogen and oxygen atoms in total. The Hall–Kier alpha value is -2.49. The SMILES string of the molecule is Cc1ccnc(Nc2ccc3cc(F)ccc3n2)c1. The van der Waals surface area contributed by atoms with E-state index in [2.05, 4.69) is 15.3 Å². The molecule has 0 saturated heterocycles. The van der Waals surface area contributed by atoms with Crippen molar-refractivity contribution in [1.29, 1.82) is 0 Å². The summed E-state index contributed by atoms with van der Waals surface area (Å²) in [7, 11) is 0. The van der Waals surface area contributed by atoms with E-state index in [0.29, 0.717) is 5.82 Å². The van der Waals surface area contributed by atoms with Gasteiger partial charge in [0.05, 0.1) is 5.52 Å². The van der Waals surface area contributed by atoms with Gasteiger partial charge in [0.15, 0.2) is 0 Å². The van der Waals surface area contributed by atoms with Gasteiger partial charge in [-0.3, -0.25) is 0 Å². The summed E-state index contributed by atoms with van der Waals surface area (Å²) in [6.45, 7) is 2.00. The number of rotatable bonds is 2. The van der Waals surface area contributed by atoms with E-state index >= 15 is 0 Å². The highest BCUT2D eigenvalue weighted by atomic mass is 19.1. The molecule has 0 fully saturated rings. The first-order valence-corrected chi connectivity index (χ1v) is 5.97. The highest BCUT2D eigenvalue weighted by molar-refractivity contribution is 5.80. The van der Waals surface area contributed by atoms with Gasteiger partial charge in [-0.1, -0.05) is 0 Å². The van der Waals surface area contributed by atoms with Crippen molar-refractivity contribution in [3.05, 3.63) is 60.0 Å². The largest absolute Gasteiger partial charge is 0.325 e. The van der Waals surface area contributed by atoms with Gasteiger partial charge in [0.25, 0.3) is 0 Å². The zero-order valence-corrected chi connectivity index (χ0v) is 10.4. The Balaban J connectivity index is 1.95. The van der Waals surface area contributed by atoms with Gasteiger partial charge in [-0.2, -0.15) is 0 Å². The maximum Gasteiger partial charge on any atom is 0.132 e. The molecule has 0 aliphatic carbocycles. The summed E-state index contributed by atoms with van der Waals surface area (Å²) in [5, 5.41) is 3.92. The molecule has 2 heterocycles. The molecule has 0 aliphatic heterocycles. The average molecular weight is 253 g/mol. The smallest absolute Gasteiger partial charge is 0.132 e. The van der Waals surface area contributed by atoms with Crippen LogP contribution in [0.5, 0.6) is 0 Å². The summed E-state index contributed by atoms with van der Waals surface area (Å²) in [5.41, 5.74) is 1.87. The number of nitrogens with zero attached hydrogens (tertiary/aromatic N) is 2. The monoisotopic (exact) mass is 253 g/mol. The third-order valence-corrected chi connectivity index (χ3v) is 2.82. The number of hydrogen-bond acceptors (Lipinski definition) is 3. The molecule has 0 radical (unpaired) electrons. The van der Waals surface area contributed by atoms with Crippen LogP contribution in [0.4, 0.5) is 16.0 Å². The van der Waals surface area contributed by atoms with Crippen LogP contribution in [0, 0.1) is 12.7 Å². The lowest BCUT2D eigenvalue weighted by Gasteiger charge is -2.06. The topological polar surface area (TPSA) is 37.8 Å². The van der Waals surface area contributed by atoms with Crippen LogP contribution in [0.15, 0.2) is 48.7 Å².